The number of carbonyl (C=O) groups is 7. The molecule has 612 valence electrons. The Morgan fingerprint density at radius 3 is 1.25 bits per heavy atom. The molecule has 0 amide bonds. The molecule has 0 fully saturated rings. The van der Waals surface area contributed by atoms with Crippen molar-refractivity contribution in [2.75, 3.05) is 27.9 Å². The van der Waals surface area contributed by atoms with E-state index in [-0.39, 0.29) is 111 Å². The molecule has 0 unspecified atom stereocenters. The molecule has 41 heteroatoms. The second-order valence-corrected chi connectivity index (χ2v) is 25.8. The van der Waals surface area contributed by atoms with Crippen molar-refractivity contribution in [3.05, 3.63) is 288 Å². The van der Waals surface area contributed by atoms with Gasteiger partial charge in [-0.2, -0.15) is 15.8 Å². The first-order chi connectivity index (χ1) is 54.6. The number of benzene rings is 3. The van der Waals surface area contributed by atoms with Gasteiger partial charge in [-0.25, -0.2) is 53.1 Å². The molecule has 0 aliphatic carbocycles. The molecule has 117 heavy (non-hydrogen) atoms. The van der Waals surface area contributed by atoms with Gasteiger partial charge in [-0.15, -0.1) is 59.2 Å². The monoisotopic (exact) mass is 1770 g/mol. The zero-order chi connectivity index (χ0) is 85.5. The van der Waals surface area contributed by atoms with E-state index in [1.165, 1.54) is 62.4 Å². The molecule has 0 aliphatic heterocycles. The molecule has 7 aromatic heterocycles. The summed E-state index contributed by atoms with van der Waals surface area (Å²) in [6, 6.07) is 60.1. The number of halogens is 5. The number of thiol groups is 1. The summed E-state index contributed by atoms with van der Waals surface area (Å²) in [4.78, 5) is 124. The summed E-state index contributed by atoms with van der Waals surface area (Å²) in [6.45, 7) is 1.84. The van der Waals surface area contributed by atoms with Crippen LogP contribution in [0.1, 0.15) is 122 Å². The fourth-order valence-corrected chi connectivity index (χ4v) is 9.70. The number of aromatic carboxylic acids is 3. The largest absolute Gasteiger partial charge is 1.00 e. The summed E-state index contributed by atoms with van der Waals surface area (Å²) in [6.07, 6.45) is 0.00713. The SMILES string of the molecule is CCOC(=O)CC(=O)c1ccccc1.CO.COC(=O)c1cccc(CCl)n1.COC(=O)c1cccc(CO)n1.N#CCC(N)=S.N#Cc1c(-c2ccccc2)cc(=O)[nH]c1S.N#Cc1c(-c2ccccc2)cc(=O)[nH]c1SCc1cccc(C(=O)O)n1.O.O=C(O)c1cccc(CCl)n1.O=C(O)c1cccc(CCl)n1.O=S(Cl)Cl.[Li+].[OH-]. The van der Waals surface area contributed by atoms with E-state index in [0.717, 1.165) is 18.2 Å². The number of ether oxygens (including phenoxy) is 3. The van der Waals surface area contributed by atoms with E-state index < -0.39 is 45.0 Å². The predicted octanol–water partition coefficient (Wildman–Crippen LogP) is 9.17. The van der Waals surface area contributed by atoms with E-state index >= 15 is 0 Å². The number of hydrogen-bond donors (Lipinski definition) is 9. The van der Waals surface area contributed by atoms with Gasteiger partial charge in [0.2, 0.25) is 20.3 Å². The smallest absolute Gasteiger partial charge is 0.870 e. The maximum atomic E-state index is 12.0. The van der Waals surface area contributed by atoms with Crippen molar-refractivity contribution < 1.29 is 107 Å². The van der Waals surface area contributed by atoms with E-state index in [0.29, 0.717) is 84.6 Å². The van der Waals surface area contributed by atoms with E-state index in [4.69, 9.17) is 80.8 Å². The number of aromatic nitrogens is 7. The molecule has 12 N–H and O–H groups in total. The van der Waals surface area contributed by atoms with Crippen LogP contribution >= 0.6 is 92.8 Å². The van der Waals surface area contributed by atoms with Crippen molar-refractivity contribution >= 4 is 149 Å². The predicted molar refractivity (Wildman–Crippen MR) is 443 cm³/mol. The van der Waals surface area contributed by atoms with Gasteiger partial charge >= 0.3 is 54.7 Å². The molecule has 0 spiro atoms. The molecule has 0 atom stereocenters. The van der Waals surface area contributed by atoms with Gasteiger partial charge in [0.15, 0.2) is 5.78 Å². The number of nitrogens with two attached hydrogens (primary N) is 1. The van der Waals surface area contributed by atoms with Crippen molar-refractivity contribution in [1.82, 2.24) is 34.9 Å². The van der Waals surface area contributed by atoms with Gasteiger partial charge in [-0.3, -0.25) is 19.2 Å². The third-order valence-electron chi connectivity index (χ3n) is 12.8. The molecular formula is C76H73Cl5LiN11O20S4. The zero-order valence-electron chi connectivity index (χ0n) is 62.3. The van der Waals surface area contributed by atoms with Gasteiger partial charge in [-0.1, -0.05) is 134 Å². The average Bonchev–Trinajstić information content (AvgIpc) is 0.825. The first-order valence-electron chi connectivity index (χ1n) is 31.9. The summed E-state index contributed by atoms with van der Waals surface area (Å²) in [5.41, 5.74) is 11.8. The number of Topliss-reactive ketones (excluding diaryl/α,β-unsaturated/α-hetero) is 1. The Morgan fingerprint density at radius 1 is 0.564 bits per heavy atom. The second kappa shape index (κ2) is 64.1. The molecule has 7 heterocycles. The number of hydrogen-bond acceptors (Lipinski definition) is 27. The number of carboxylic acid groups (broad SMARTS) is 3. The number of nitriles is 3. The van der Waals surface area contributed by atoms with Crippen LogP contribution in [0, 0.1) is 34.0 Å². The Morgan fingerprint density at radius 2 is 0.906 bits per heavy atom. The van der Waals surface area contributed by atoms with Crippen LogP contribution in [0.2, 0.25) is 0 Å². The number of pyridine rings is 7. The number of nitrogens with one attached hydrogen (secondary N) is 2. The number of methoxy groups -OCH3 is 2. The standard InChI is InChI=1S/C19H13N3O3S.C12H8N2OS.C11H12O3.C8H8ClNO2.C8H9NO3.2C7H6ClNO2.C3H4N2S.CH4O.Cl2OS.Li.2H2O/c20-10-15-14(12-5-2-1-3-6-12)9-17(23)22-18(15)26-11-13-7-4-8-16(21-13)19(24)25;13-7-10-9(6-11(15)14-12(10)16)8-4-2-1-3-5-8;1-2-14-11(13)8-10(12)9-6-4-3-5-7-9;1-12-8(11)7-4-2-3-6(5-9)10-7;1-12-8(11)7-4-2-3-6(5-10)9-7;2*8-4-5-2-1-3-6(9-5)7(10)11;4-2-1-3(5)6;1-2;1-4(2)3;;;/h1-9H,11H2,(H,22,23)(H,24,25);1-6H,(H2,14,15,16);3-7H,2,8H2,1H3;2-4H,5H2,1H3;2-4,10H,5H2,1H3;2*1-3H,4H2,(H,10,11);1H2,(H2,5,6);2H,1H3;;;2*1H2/q;;;;;;;;;;+1;;/p-1. The maximum absolute atomic E-state index is 12.0. The molecular weight excluding hydrogens is 1700 g/mol. The van der Waals surface area contributed by atoms with Gasteiger partial charge in [0.05, 0.1) is 112 Å². The molecule has 10 rings (SSSR count). The van der Waals surface area contributed by atoms with Gasteiger partial charge in [0.25, 0.3) is 0 Å². The second-order valence-electron chi connectivity index (χ2n) is 20.6. The van der Waals surface area contributed by atoms with Crippen LogP contribution in [0.15, 0.2) is 214 Å². The molecule has 0 aliphatic rings. The topological polar surface area (TPSA) is 554 Å². The fourth-order valence-electron chi connectivity index (χ4n) is 7.98. The fraction of sp³-hybridized carbons (Fsp3) is 0.158. The minimum absolute atomic E-state index is 0. The number of thiocarbonyl (C=S) groups is 1. The summed E-state index contributed by atoms with van der Waals surface area (Å²) < 4.78 is 22.7. The van der Waals surface area contributed by atoms with E-state index in [1.54, 1.807) is 104 Å². The molecule has 31 nitrogen and oxygen atoms in total. The number of aromatic amines is 2. The Bertz CT molecular complexity index is 4960. The first-order valence-corrected chi connectivity index (χ1v) is 38.1. The average molecular weight is 1770 g/mol. The number of aliphatic hydroxyl groups is 2. The van der Waals surface area contributed by atoms with Crippen LogP contribution in [0.25, 0.3) is 22.3 Å². The molecule has 10 aromatic rings. The van der Waals surface area contributed by atoms with E-state index in [2.05, 4.69) is 101 Å². The number of esters is 3. The van der Waals surface area contributed by atoms with Crippen molar-refractivity contribution in [2.45, 2.75) is 59.8 Å². The summed E-state index contributed by atoms with van der Waals surface area (Å²) in [5, 5.41) is 68.9. The Hall–Kier alpha value is -11.1. The minimum Gasteiger partial charge on any atom is -0.870 e. The number of thioether (sulfide) groups is 1. The van der Waals surface area contributed by atoms with Crippen LogP contribution in [0.3, 0.4) is 0 Å². The molecule has 0 saturated heterocycles. The third-order valence-corrected chi connectivity index (χ3v) is 15.1. The van der Waals surface area contributed by atoms with E-state index in [1.807, 2.05) is 72.8 Å². The Balaban J connectivity index is -0.00000129. The van der Waals surface area contributed by atoms with Crippen LogP contribution in [0.5, 0.6) is 0 Å². The summed E-state index contributed by atoms with van der Waals surface area (Å²) >= 11 is 26.1. The number of nitrogens with zero attached hydrogens (tertiary/aromatic N) is 8. The Labute approximate surface area is 723 Å². The molecule has 0 bridgehead atoms. The first kappa shape index (κ1) is 110. The summed E-state index contributed by atoms with van der Waals surface area (Å²) in [7, 11) is 11.0. The third kappa shape index (κ3) is 44.5. The van der Waals surface area contributed by atoms with Gasteiger partial charge in [0, 0.05) is 63.1 Å². The molecule has 0 saturated carbocycles. The van der Waals surface area contributed by atoms with Crippen molar-refractivity contribution in [3.63, 3.8) is 0 Å². The molecule has 3 aromatic carbocycles. The van der Waals surface area contributed by atoms with Crippen molar-refractivity contribution in [2.24, 2.45) is 5.73 Å². The van der Waals surface area contributed by atoms with E-state index in [9.17, 15) is 48.4 Å². The minimum atomic E-state index is -1.67. The Kier molecular flexibility index (Phi) is 60.3. The summed E-state index contributed by atoms with van der Waals surface area (Å²) in [5.74, 6) is -3.68. The van der Waals surface area contributed by atoms with Crippen LogP contribution in [-0.4, -0.2) is 150 Å². The van der Waals surface area contributed by atoms with Crippen LogP contribution < -0.4 is 35.7 Å². The normalized spacial score (nSPS) is 9.18. The molecule has 0 radical (unpaired) electrons. The number of carboxylic acids is 3. The van der Waals surface area contributed by atoms with Gasteiger partial charge in [-0.05, 0) is 78.7 Å². The number of aliphatic hydroxyl groups excluding tert-OH is 2. The van der Waals surface area contributed by atoms with Crippen LogP contribution in [-0.2, 0) is 58.2 Å². The number of carbonyl (C=O) groups excluding carboxylic acids is 4. The quantitative estimate of drug-likeness (QED) is 0.00348. The van der Waals surface area contributed by atoms with Gasteiger partial charge < -0.3 is 66.4 Å². The van der Waals surface area contributed by atoms with Crippen molar-refractivity contribution in [3.8, 4) is 40.5 Å². The maximum Gasteiger partial charge on any atom is 1.00 e. The number of rotatable bonds is 19. The number of H-pyrrole nitrogens is 2. The number of ketones is 1. The van der Waals surface area contributed by atoms with Crippen LogP contribution in [0.4, 0.5) is 0 Å². The van der Waals surface area contributed by atoms with Gasteiger partial charge in [0.1, 0.15) is 47.0 Å². The number of alkyl halides is 3. The zero-order valence-corrected chi connectivity index (χ0v) is 69.5. The van der Waals surface area contributed by atoms with Crippen molar-refractivity contribution in [1.29, 1.82) is 15.8 Å².